The first-order valence-corrected chi connectivity index (χ1v) is 8.82. The lowest BCUT2D eigenvalue weighted by molar-refractivity contribution is -0.00742. The summed E-state index contributed by atoms with van der Waals surface area (Å²) >= 11 is 1.49. The molecule has 0 saturated heterocycles. The van der Waals surface area contributed by atoms with Crippen molar-refractivity contribution in [3.05, 3.63) is 53.2 Å². The van der Waals surface area contributed by atoms with Gasteiger partial charge in [0.2, 0.25) is 5.90 Å². The van der Waals surface area contributed by atoms with Crippen LogP contribution in [0.25, 0.3) is 10.7 Å². The molecule has 3 heterocycles. The number of ether oxygens (including phenoxy) is 1. The quantitative estimate of drug-likeness (QED) is 0.759. The molecule has 2 aromatic heterocycles. The third-order valence-electron chi connectivity index (χ3n) is 4.03. The number of phenols is 1. The van der Waals surface area contributed by atoms with Crippen molar-refractivity contribution in [3.8, 4) is 22.2 Å². The van der Waals surface area contributed by atoms with Crippen molar-refractivity contribution >= 4 is 17.2 Å². The molecule has 26 heavy (non-hydrogen) atoms. The fraction of sp³-hybridized carbons (Fsp3) is 0.222. The second-order valence-corrected chi connectivity index (χ2v) is 7.32. The number of aromatic nitrogens is 3. The van der Waals surface area contributed by atoms with Crippen LogP contribution in [0.1, 0.15) is 23.9 Å². The molecule has 8 heteroatoms. The molecule has 0 spiro atoms. The highest BCUT2D eigenvalue weighted by Crippen LogP contribution is 2.35. The van der Waals surface area contributed by atoms with Gasteiger partial charge in [-0.25, -0.2) is 4.98 Å². The van der Waals surface area contributed by atoms with Gasteiger partial charge in [-0.2, -0.15) is 0 Å². The Labute approximate surface area is 154 Å². The first kappa shape index (κ1) is 16.5. The lowest BCUT2D eigenvalue weighted by atomic mass is 9.93. The fourth-order valence-corrected chi connectivity index (χ4v) is 3.30. The van der Waals surface area contributed by atoms with Crippen LogP contribution in [0.15, 0.2) is 47.8 Å². The van der Waals surface area contributed by atoms with E-state index in [1.807, 2.05) is 38.1 Å². The molecular weight excluding hydrogens is 352 g/mol. The van der Waals surface area contributed by atoms with Crippen LogP contribution in [0, 0.1) is 6.92 Å². The molecule has 0 fully saturated rings. The van der Waals surface area contributed by atoms with Crippen LogP contribution in [0.4, 0.5) is 0 Å². The number of hydrogen-bond acceptors (Lipinski definition) is 8. The number of hydrogen-bond donors (Lipinski definition) is 1. The number of pyridine rings is 1. The van der Waals surface area contributed by atoms with Crippen LogP contribution in [-0.4, -0.2) is 26.2 Å². The molecule has 7 nitrogen and oxygen atoms in total. The maximum Gasteiger partial charge on any atom is 0.235 e. The number of rotatable bonds is 3. The molecule has 1 aliphatic heterocycles. The van der Waals surface area contributed by atoms with E-state index < -0.39 is 5.60 Å². The van der Waals surface area contributed by atoms with E-state index >= 15 is 0 Å². The van der Waals surface area contributed by atoms with Crippen molar-refractivity contribution in [2.75, 3.05) is 0 Å². The number of phenolic OH excluding ortho intramolecular Hbond substituents is 1. The Balaban J connectivity index is 1.44. The Morgan fingerprint density at radius 1 is 1.15 bits per heavy atom. The Kier molecular flexibility index (Phi) is 4.04. The minimum absolute atomic E-state index is 0.213. The predicted molar refractivity (Wildman–Crippen MR) is 97.1 cm³/mol. The van der Waals surface area contributed by atoms with Gasteiger partial charge in [-0.15, -0.1) is 10.2 Å². The van der Waals surface area contributed by atoms with Gasteiger partial charge in [0.25, 0.3) is 0 Å². The van der Waals surface area contributed by atoms with E-state index in [9.17, 15) is 5.11 Å². The van der Waals surface area contributed by atoms with E-state index in [2.05, 4.69) is 20.3 Å². The molecule has 0 radical (unpaired) electrons. The zero-order valence-electron chi connectivity index (χ0n) is 14.2. The topological polar surface area (TPSA) is 89.7 Å². The third-order valence-corrected chi connectivity index (χ3v) is 4.89. The highest BCUT2D eigenvalue weighted by atomic mass is 32.1. The summed E-state index contributed by atoms with van der Waals surface area (Å²) in [5, 5.41) is 23.2. The number of oxime groups is 1. The van der Waals surface area contributed by atoms with E-state index in [1.165, 1.54) is 11.3 Å². The first-order valence-electron chi connectivity index (χ1n) is 8.01. The highest BCUT2D eigenvalue weighted by molar-refractivity contribution is 7.14. The minimum atomic E-state index is -0.625. The first-order chi connectivity index (χ1) is 12.5. The summed E-state index contributed by atoms with van der Waals surface area (Å²) in [6.45, 7) is 3.83. The summed E-state index contributed by atoms with van der Waals surface area (Å²) in [4.78, 5) is 9.96. The predicted octanol–water partition coefficient (Wildman–Crippen LogP) is 3.64. The molecule has 0 aliphatic carbocycles. The van der Waals surface area contributed by atoms with Crippen molar-refractivity contribution in [1.82, 2.24) is 15.2 Å². The second-order valence-electron chi connectivity index (χ2n) is 6.14. The van der Waals surface area contributed by atoms with Crippen molar-refractivity contribution in [1.29, 1.82) is 0 Å². The molecule has 0 bridgehead atoms. The number of nitrogens with zero attached hydrogens (tertiary/aromatic N) is 4. The van der Waals surface area contributed by atoms with Gasteiger partial charge in [-0.1, -0.05) is 28.6 Å². The van der Waals surface area contributed by atoms with Gasteiger partial charge in [0, 0.05) is 0 Å². The van der Waals surface area contributed by atoms with Gasteiger partial charge in [-0.3, -0.25) is 0 Å². The van der Waals surface area contributed by atoms with Gasteiger partial charge in [-0.05, 0) is 43.7 Å². The molecule has 132 valence electrons. The summed E-state index contributed by atoms with van der Waals surface area (Å²) in [5.74, 6) is 1.26. The average molecular weight is 368 g/mol. The number of aromatic hydroxyl groups is 1. The van der Waals surface area contributed by atoms with Crippen LogP contribution in [-0.2, 0) is 10.4 Å². The van der Waals surface area contributed by atoms with Crippen LogP contribution in [0.5, 0.6) is 11.5 Å². The van der Waals surface area contributed by atoms with E-state index in [-0.39, 0.29) is 5.75 Å². The molecule has 3 aromatic rings. The summed E-state index contributed by atoms with van der Waals surface area (Å²) in [5.41, 5.74) is 1.04. The van der Waals surface area contributed by atoms with Crippen LogP contribution < -0.4 is 4.74 Å². The van der Waals surface area contributed by atoms with Gasteiger partial charge in [0.1, 0.15) is 22.2 Å². The molecule has 0 unspecified atom stereocenters. The monoisotopic (exact) mass is 368 g/mol. The Bertz CT molecular complexity index is 953. The molecule has 1 aromatic carbocycles. The highest BCUT2D eigenvalue weighted by Gasteiger charge is 2.37. The smallest absolute Gasteiger partial charge is 0.235 e. The van der Waals surface area contributed by atoms with E-state index in [4.69, 9.17) is 9.57 Å². The normalized spacial score (nSPS) is 19.1. The zero-order chi connectivity index (χ0) is 18.1. The van der Waals surface area contributed by atoms with Crippen molar-refractivity contribution < 1.29 is 14.7 Å². The van der Waals surface area contributed by atoms with Crippen LogP contribution in [0.3, 0.4) is 0 Å². The van der Waals surface area contributed by atoms with Crippen molar-refractivity contribution in [2.24, 2.45) is 5.16 Å². The molecule has 1 atom stereocenters. The lowest BCUT2D eigenvalue weighted by Crippen LogP contribution is -2.23. The van der Waals surface area contributed by atoms with E-state index in [0.717, 1.165) is 21.3 Å². The van der Waals surface area contributed by atoms with Crippen LogP contribution >= 0.6 is 11.3 Å². The fourth-order valence-electron chi connectivity index (χ4n) is 2.63. The maximum atomic E-state index is 9.43. The Hall–Kier alpha value is -3.00. The number of aryl methyl sites for hydroxylation is 1. The van der Waals surface area contributed by atoms with E-state index in [0.29, 0.717) is 18.1 Å². The summed E-state index contributed by atoms with van der Waals surface area (Å²) in [6, 6.07) is 10.5. The molecule has 0 amide bonds. The standard InChI is InChI=1S/C18H16N4O3S/c1-11-20-21-17(26-11)15-8-7-14(10-19-15)24-16-9-18(2,25-22-16)12-3-5-13(23)6-4-12/h3-8,10,23H,9H2,1-2H3/t18-/m0/s1. The summed E-state index contributed by atoms with van der Waals surface area (Å²) in [6.07, 6.45) is 2.11. The third kappa shape index (κ3) is 3.23. The molecule has 0 saturated carbocycles. The lowest BCUT2D eigenvalue weighted by Gasteiger charge is -2.21. The number of benzene rings is 1. The largest absolute Gasteiger partial charge is 0.508 e. The second kappa shape index (κ2) is 6.38. The minimum Gasteiger partial charge on any atom is -0.508 e. The van der Waals surface area contributed by atoms with Gasteiger partial charge >= 0.3 is 0 Å². The van der Waals surface area contributed by atoms with Crippen LogP contribution in [0.2, 0.25) is 0 Å². The van der Waals surface area contributed by atoms with Crippen molar-refractivity contribution in [3.63, 3.8) is 0 Å². The summed E-state index contributed by atoms with van der Waals surface area (Å²) in [7, 11) is 0. The molecular formula is C18H16N4O3S. The van der Waals surface area contributed by atoms with E-state index in [1.54, 1.807) is 18.3 Å². The zero-order valence-corrected chi connectivity index (χ0v) is 15.0. The van der Waals surface area contributed by atoms with Gasteiger partial charge in [0.05, 0.1) is 12.6 Å². The van der Waals surface area contributed by atoms with Crippen molar-refractivity contribution in [2.45, 2.75) is 25.9 Å². The maximum absolute atomic E-state index is 9.43. The molecule has 1 N–H and O–H groups in total. The molecule has 1 aliphatic rings. The summed E-state index contributed by atoms with van der Waals surface area (Å²) < 4.78 is 5.79. The Morgan fingerprint density at radius 2 is 1.96 bits per heavy atom. The SMILES string of the molecule is Cc1nnc(-c2ccc(OC3=NO[C@](C)(c4ccc(O)cc4)C3)cn2)s1. The van der Waals surface area contributed by atoms with Gasteiger partial charge < -0.3 is 14.7 Å². The van der Waals surface area contributed by atoms with Gasteiger partial charge in [0.15, 0.2) is 10.6 Å². The Morgan fingerprint density at radius 3 is 2.62 bits per heavy atom. The average Bonchev–Trinajstić information content (AvgIpc) is 3.23. The molecule has 4 rings (SSSR count).